The average Bonchev–Trinajstić information content (AvgIpc) is 3.02. The van der Waals surface area contributed by atoms with Gasteiger partial charge in [0.1, 0.15) is 5.69 Å². The van der Waals surface area contributed by atoms with Crippen molar-refractivity contribution in [2.75, 3.05) is 31.1 Å². The Morgan fingerprint density at radius 2 is 1.85 bits per heavy atom. The van der Waals surface area contributed by atoms with E-state index in [2.05, 4.69) is 14.8 Å². The van der Waals surface area contributed by atoms with Gasteiger partial charge in [-0.2, -0.15) is 0 Å². The molecular weight excluding hydrogens is 250 g/mol. The molecule has 0 N–H and O–H groups in total. The van der Waals surface area contributed by atoms with Crippen molar-refractivity contribution in [2.45, 2.75) is 38.6 Å². The number of piperazine rings is 1. The fourth-order valence-electron chi connectivity index (χ4n) is 3.40. The Kier molecular flexibility index (Phi) is 4.01. The SMILES string of the molecule is CC(=O)c1ccc(N2CCN(C3CCCC3)CC2)cn1. The Hall–Kier alpha value is -1.42. The fraction of sp³-hybridized carbons (Fsp3) is 0.625. The van der Waals surface area contributed by atoms with Crippen LogP contribution in [0.3, 0.4) is 0 Å². The van der Waals surface area contributed by atoms with E-state index in [4.69, 9.17) is 0 Å². The monoisotopic (exact) mass is 273 g/mol. The van der Waals surface area contributed by atoms with Crippen molar-refractivity contribution < 1.29 is 4.79 Å². The van der Waals surface area contributed by atoms with Gasteiger partial charge in [0.25, 0.3) is 0 Å². The molecular formula is C16H23N3O. The van der Waals surface area contributed by atoms with E-state index in [1.165, 1.54) is 25.7 Å². The van der Waals surface area contributed by atoms with Gasteiger partial charge in [-0.05, 0) is 25.0 Å². The molecule has 1 aliphatic carbocycles. The number of pyridine rings is 1. The third kappa shape index (κ3) is 2.85. The van der Waals surface area contributed by atoms with Crippen molar-refractivity contribution in [3.8, 4) is 0 Å². The summed E-state index contributed by atoms with van der Waals surface area (Å²) >= 11 is 0. The lowest BCUT2D eigenvalue weighted by Gasteiger charge is -2.39. The molecule has 4 heteroatoms. The highest BCUT2D eigenvalue weighted by Gasteiger charge is 2.26. The Balaban J connectivity index is 1.58. The molecule has 0 amide bonds. The van der Waals surface area contributed by atoms with Crippen molar-refractivity contribution in [1.29, 1.82) is 0 Å². The molecule has 0 bridgehead atoms. The van der Waals surface area contributed by atoms with E-state index in [-0.39, 0.29) is 5.78 Å². The number of anilines is 1. The summed E-state index contributed by atoms with van der Waals surface area (Å²) in [5.74, 6) is 0.0302. The van der Waals surface area contributed by atoms with Crippen LogP contribution in [0.15, 0.2) is 18.3 Å². The van der Waals surface area contributed by atoms with E-state index in [0.717, 1.165) is 37.9 Å². The molecule has 2 fully saturated rings. The number of carbonyl (C=O) groups excluding carboxylic acids is 1. The zero-order valence-electron chi connectivity index (χ0n) is 12.2. The predicted molar refractivity (Wildman–Crippen MR) is 80.3 cm³/mol. The summed E-state index contributed by atoms with van der Waals surface area (Å²) in [4.78, 5) is 20.5. The summed E-state index contributed by atoms with van der Waals surface area (Å²) in [5.41, 5.74) is 1.69. The van der Waals surface area contributed by atoms with Gasteiger partial charge in [0.15, 0.2) is 5.78 Å². The summed E-state index contributed by atoms with van der Waals surface area (Å²) in [5, 5.41) is 0. The topological polar surface area (TPSA) is 36.4 Å². The van der Waals surface area contributed by atoms with E-state index in [1.54, 1.807) is 6.92 Å². The van der Waals surface area contributed by atoms with Crippen LogP contribution < -0.4 is 4.90 Å². The predicted octanol–water partition coefficient (Wildman–Crippen LogP) is 2.35. The van der Waals surface area contributed by atoms with Gasteiger partial charge >= 0.3 is 0 Å². The van der Waals surface area contributed by atoms with Gasteiger partial charge in [0.05, 0.1) is 11.9 Å². The van der Waals surface area contributed by atoms with Gasteiger partial charge in [0, 0.05) is 39.1 Å². The molecule has 0 aromatic carbocycles. The first-order valence-electron chi connectivity index (χ1n) is 7.70. The highest BCUT2D eigenvalue weighted by atomic mass is 16.1. The third-order valence-electron chi connectivity index (χ3n) is 4.63. The maximum atomic E-state index is 11.2. The lowest BCUT2D eigenvalue weighted by molar-refractivity contribution is 0.101. The minimum atomic E-state index is 0.0302. The zero-order valence-corrected chi connectivity index (χ0v) is 12.2. The molecule has 0 spiro atoms. The third-order valence-corrected chi connectivity index (χ3v) is 4.63. The standard InChI is InChI=1S/C16H23N3O/c1-13(20)16-7-6-15(12-17-16)19-10-8-18(9-11-19)14-4-2-3-5-14/h6-7,12,14H,2-5,8-11H2,1H3. The number of hydrogen-bond donors (Lipinski definition) is 0. The quantitative estimate of drug-likeness (QED) is 0.792. The molecule has 2 aliphatic rings. The first-order valence-corrected chi connectivity index (χ1v) is 7.70. The van der Waals surface area contributed by atoms with Gasteiger partial charge in [-0.3, -0.25) is 14.7 Å². The summed E-state index contributed by atoms with van der Waals surface area (Å²) in [7, 11) is 0. The molecule has 20 heavy (non-hydrogen) atoms. The number of nitrogens with zero attached hydrogens (tertiary/aromatic N) is 3. The van der Waals surface area contributed by atoms with Crippen LogP contribution in [0.1, 0.15) is 43.1 Å². The number of Topliss-reactive ketones (excluding diaryl/α,β-unsaturated/α-hetero) is 1. The van der Waals surface area contributed by atoms with E-state index < -0.39 is 0 Å². The van der Waals surface area contributed by atoms with Crippen molar-refractivity contribution >= 4 is 11.5 Å². The molecule has 1 aromatic heterocycles. The first kappa shape index (κ1) is 13.6. The number of aromatic nitrogens is 1. The van der Waals surface area contributed by atoms with Crippen LogP contribution >= 0.6 is 0 Å². The van der Waals surface area contributed by atoms with E-state index in [1.807, 2.05) is 18.3 Å². The Morgan fingerprint density at radius 1 is 1.15 bits per heavy atom. The average molecular weight is 273 g/mol. The van der Waals surface area contributed by atoms with Gasteiger partial charge in [0.2, 0.25) is 0 Å². The molecule has 4 nitrogen and oxygen atoms in total. The van der Waals surface area contributed by atoms with Crippen molar-refractivity contribution in [3.63, 3.8) is 0 Å². The molecule has 0 radical (unpaired) electrons. The molecule has 2 heterocycles. The van der Waals surface area contributed by atoms with Crippen LogP contribution in [0.5, 0.6) is 0 Å². The summed E-state index contributed by atoms with van der Waals surface area (Å²) in [6.07, 6.45) is 7.41. The Labute approximate surface area is 120 Å². The van der Waals surface area contributed by atoms with Crippen LogP contribution in [0.2, 0.25) is 0 Å². The molecule has 1 aliphatic heterocycles. The Morgan fingerprint density at radius 3 is 2.40 bits per heavy atom. The van der Waals surface area contributed by atoms with E-state index >= 15 is 0 Å². The molecule has 1 saturated carbocycles. The fourth-order valence-corrected chi connectivity index (χ4v) is 3.40. The first-order chi connectivity index (χ1) is 9.74. The van der Waals surface area contributed by atoms with Crippen LogP contribution in [-0.2, 0) is 0 Å². The number of carbonyl (C=O) groups is 1. The number of ketones is 1. The van der Waals surface area contributed by atoms with E-state index in [0.29, 0.717) is 5.69 Å². The molecule has 3 rings (SSSR count). The second kappa shape index (κ2) is 5.92. The minimum Gasteiger partial charge on any atom is -0.368 e. The summed E-state index contributed by atoms with van der Waals surface area (Å²) in [6, 6.07) is 4.69. The van der Waals surface area contributed by atoms with Crippen LogP contribution in [0.25, 0.3) is 0 Å². The lowest BCUT2D eigenvalue weighted by Crippen LogP contribution is -2.49. The second-order valence-electron chi connectivity index (χ2n) is 5.92. The largest absolute Gasteiger partial charge is 0.368 e. The molecule has 1 saturated heterocycles. The second-order valence-corrected chi connectivity index (χ2v) is 5.92. The lowest BCUT2D eigenvalue weighted by atomic mass is 10.1. The zero-order chi connectivity index (χ0) is 13.9. The van der Waals surface area contributed by atoms with Crippen molar-refractivity contribution in [1.82, 2.24) is 9.88 Å². The Bertz CT molecular complexity index is 457. The minimum absolute atomic E-state index is 0.0302. The van der Waals surface area contributed by atoms with Gasteiger partial charge in [-0.15, -0.1) is 0 Å². The normalized spacial score (nSPS) is 21.4. The van der Waals surface area contributed by atoms with Crippen molar-refractivity contribution in [2.24, 2.45) is 0 Å². The smallest absolute Gasteiger partial charge is 0.178 e. The van der Waals surface area contributed by atoms with Gasteiger partial charge < -0.3 is 4.90 Å². The van der Waals surface area contributed by atoms with Crippen LogP contribution in [0.4, 0.5) is 5.69 Å². The summed E-state index contributed by atoms with van der Waals surface area (Å²) in [6.45, 7) is 6.00. The maximum Gasteiger partial charge on any atom is 0.178 e. The number of rotatable bonds is 3. The molecule has 1 aromatic rings. The van der Waals surface area contributed by atoms with Crippen LogP contribution in [0, 0.1) is 0 Å². The van der Waals surface area contributed by atoms with Gasteiger partial charge in [-0.1, -0.05) is 12.8 Å². The van der Waals surface area contributed by atoms with Crippen LogP contribution in [-0.4, -0.2) is 47.9 Å². The maximum absolute atomic E-state index is 11.2. The highest BCUT2D eigenvalue weighted by molar-refractivity contribution is 5.92. The highest BCUT2D eigenvalue weighted by Crippen LogP contribution is 2.25. The molecule has 0 unspecified atom stereocenters. The molecule has 0 atom stereocenters. The number of hydrogen-bond acceptors (Lipinski definition) is 4. The van der Waals surface area contributed by atoms with Gasteiger partial charge in [-0.25, -0.2) is 0 Å². The summed E-state index contributed by atoms with van der Waals surface area (Å²) < 4.78 is 0. The van der Waals surface area contributed by atoms with E-state index in [9.17, 15) is 4.79 Å². The molecule has 108 valence electrons. The van der Waals surface area contributed by atoms with Crippen molar-refractivity contribution in [3.05, 3.63) is 24.0 Å².